The van der Waals surface area contributed by atoms with Crippen LogP contribution >= 0.6 is 0 Å². The number of nitrogens with zero attached hydrogens (tertiary/aromatic N) is 1. The molecule has 1 aliphatic heterocycles. The zero-order valence-corrected chi connectivity index (χ0v) is 15.2. The summed E-state index contributed by atoms with van der Waals surface area (Å²) in [6, 6.07) is 18.5. The molecule has 0 spiro atoms. The molecule has 5 rings (SSSR count). The molecule has 0 atom stereocenters. The van der Waals surface area contributed by atoms with Gasteiger partial charge in [-0.15, -0.1) is 0 Å². The van der Waals surface area contributed by atoms with E-state index in [1.165, 1.54) is 6.07 Å². The molecule has 6 heteroatoms. The summed E-state index contributed by atoms with van der Waals surface area (Å²) in [5.41, 5.74) is 4.65. The maximum Gasteiger partial charge on any atom is 0.461 e. The summed E-state index contributed by atoms with van der Waals surface area (Å²) < 4.78 is 37.5. The van der Waals surface area contributed by atoms with Gasteiger partial charge < -0.3 is 9.15 Å². The van der Waals surface area contributed by atoms with Crippen molar-refractivity contribution in [2.24, 2.45) is 0 Å². The molecule has 2 aromatic heterocycles. The number of aromatic nitrogens is 1. The number of fused-ring (bicyclic) bond motifs is 2. The van der Waals surface area contributed by atoms with Crippen LogP contribution in [0.25, 0.3) is 22.4 Å². The Balaban J connectivity index is 1.49. The summed E-state index contributed by atoms with van der Waals surface area (Å²) in [6.07, 6.45) is -1.87. The van der Waals surface area contributed by atoms with E-state index >= 15 is 0 Å². The molecule has 4 aromatic rings. The normalized spacial score (nSPS) is 15.2. The minimum atomic E-state index is -3.76. The van der Waals surface area contributed by atoms with Crippen LogP contribution < -0.4 is 4.74 Å². The molecule has 0 saturated carbocycles. The number of halogens is 2. The number of alkyl halides is 2. The molecule has 0 N–H and O–H groups in total. The van der Waals surface area contributed by atoms with Crippen molar-refractivity contribution in [2.45, 2.75) is 19.0 Å². The maximum absolute atomic E-state index is 13.4. The molecule has 0 amide bonds. The van der Waals surface area contributed by atoms with Gasteiger partial charge in [0, 0.05) is 41.8 Å². The van der Waals surface area contributed by atoms with Crippen LogP contribution in [0.1, 0.15) is 16.7 Å². The summed E-state index contributed by atoms with van der Waals surface area (Å²) in [5, 5.41) is 0. The Morgan fingerprint density at radius 3 is 2.69 bits per heavy atom. The molecule has 29 heavy (non-hydrogen) atoms. The van der Waals surface area contributed by atoms with Gasteiger partial charge in [-0.1, -0.05) is 42.5 Å². The van der Waals surface area contributed by atoms with Gasteiger partial charge in [-0.25, -0.2) is 0 Å². The SMILES string of the molecule is O=C1Cc2cc(Cc3ccnc4cc(-c5ccccc5)oc34)ccc2OC1(F)F. The third-order valence-electron chi connectivity index (χ3n) is 4.99. The Morgan fingerprint density at radius 1 is 1.03 bits per heavy atom. The second-order valence-electron chi connectivity index (χ2n) is 7.00. The standard InChI is InChI=1S/C23H15F2NO3/c24-23(25)21(27)12-17-11-14(6-7-19(17)29-23)10-16-8-9-26-18-13-20(28-22(16)18)15-4-2-1-3-5-15/h1-9,11,13H,10,12H2. The lowest BCUT2D eigenvalue weighted by atomic mass is 9.98. The third-order valence-corrected chi connectivity index (χ3v) is 4.99. The van der Waals surface area contributed by atoms with Crippen molar-refractivity contribution in [1.29, 1.82) is 0 Å². The van der Waals surface area contributed by atoms with Gasteiger partial charge in [-0.2, -0.15) is 8.78 Å². The molecule has 0 saturated heterocycles. The van der Waals surface area contributed by atoms with Gasteiger partial charge in [0.05, 0.1) is 0 Å². The summed E-state index contributed by atoms with van der Waals surface area (Å²) in [6.45, 7) is 0. The van der Waals surface area contributed by atoms with Crippen LogP contribution in [-0.4, -0.2) is 16.9 Å². The average molecular weight is 391 g/mol. The minimum absolute atomic E-state index is 0.0441. The Kier molecular flexibility index (Phi) is 3.94. The molecular weight excluding hydrogens is 376 g/mol. The van der Waals surface area contributed by atoms with Crippen LogP contribution in [-0.2, 0) is 17.6 Å². The van der Waals surface area contributed by atoms with Gasteiger partial charge in [0.2, 0.25) is 5.78 Å². The van der Waals surface area contributed by atoms with E-state index in [0.29, 0.717) is 17.6 Å². The fourth-order valence-corrected chi connectivity index (χ4v) is 3.55. The molecule has 0 bridgehead atoms. The van der Waals surface area contributed by atoms with Crippen molar-refractivity contribution in [2.75, 3.05) is 0 Å². The Labute approximate surface area is 164 Å². The summed E-state index contributed by atoms with van der Waals surface area (Å²) >= 11 is 0. The second kappa shape index (κ2) is 6.51. The molecule has 3 heterocycles. The molecule has 0 radical (unpaired) electrons. The Hall–Kier alpha value is -3.54. The average Bonchev–Trinajstić information content (AvgIpc) is 3.15. The lowest BCUT2D eigenvalue weighted by Crippen LogP contribution is -2.40. The van der Waals surface area contributed by atoms with Crippen LogP contribution in [0.5, 0.6) is 5.75 Å². The number of furan rings is 1. The van der Waals surface area contributed by atoms with Gasteiger partial charge in [0.1, 0.15) is 17.0 Å². The fourth-order valence-electron chi connectivity index (χ4n) is 3.55. The molecule has 4 nitrogen and oxygen atoms in total. The highest BCUT2D eigenvalue weighted by Gasteiger charge is 2.45. The van der Waals surface area contributed by atoms with Crippen LogP contribution in [0.4, 0.5) is 8.78 Å². The summed E-state index contributed by atoms with van der Waals surface area (Å²) in [7, 11) is 0. The van der Waals surface area contributed by atoms with Crippen molar-refractivity contribution in [3.63, 3.8) is 0 Å². The van der Waals surface area contributed by atoms with E-state index in [0.717, 1.165) is 28.0 Å². The number of pyridine rings is 1. The third kappa shape index (κ3) is 3.16. The molecule has 0 fully saturated rings. The molecule has 0 unspecified atom stereocenters. The highest BCUT2D eigenvalue weighted by atomic mass is 19.3. The predicted molar refractivity (Wildman–Crippen MR) is 103 cm³/mol. The summed E-state index contributed by atoms with van der Waals surface area (Å²) in [4.78, 5) is 15.9. The number of ether oxygens (including phenoxy) is 1. The van der Waals surface area contributed by atoms with Crippen molar-refractivity contribution < 1.29 is 22.7 Å². The van der Waals surface area contributed by atoms with Crippen molar-refractivity contribution in [3.05, 3.63) is 83.6 Å². The van der Waals surface area contributed by atoms with Gasteiger partial charge in [-0.05, 0) is 17.7 Å². The molecule has 144 valence electrons. The lowest BCUT2D eigenvalue weighted by Gasteiger charge is -2.24. The predicted octanol–water partition coefficient (Wildman–Crippen LogP) is 5.18. The first kappa shape index (κ1) is 17.6. The monoisotopic (exact) mass is 391 g/mol. The first-order chi connectivity index (χ1) is 14.0. The minimum Gasteiger partial charge on any atom is -0.454 e. The van der Waals surface area contributed by atoms with Gasteiger partial charge in [-0.3, -0.25) is 9.78 Å². The zero-order chi connectivity index (χ0) is 20.0. The van der Waals surface area contributed by atoms with Crippen LogP contribution in [0.2, 0.25) is 0 Å². The van der Waals surface area contributed by atoms with Crippen LogP contribution in [0, 0.1) is 0 Å². The van der Waals surface area contributed by atoms with E-state index in [2.05, 4.69) is 9.72 Å². The van der Waals surface area contributed by atoms with E-state index in [1.807, 2.05) is 42.5 Å². The second-order valence-corrected chi connectivity index (χ2v) is 7.00. The summed E-state index contributed by atoms with van der Waals surface area (Å²) in [5.74, 6) is -0.457. The highest BCUT2D eigenvalue weighted by Crippen LogP contribution is 2.35. The number of ketones is 1. The van der Waals surface area contributed by atoms with Crippen LogP contribution in [0.3, 0.4) is 0 Å². The molecule has 2 aromatic carbocycles. The highest BCUT2D eigenvalue weighted by molar-refractivity contribution is 5.88. The van der Waals surface area contributed by atoms with E-state index in [-0.39, 0.29) is 12.2 Å². The Bertz CT molecular complexity index is 1230. The van der Waals surface area contributed by atoms with Crippen molar-refractivity contribution >= 4 is 16.9 Å². The fraction of sp³-hybridized carbons (Fsp3) is 0.130. The van der Waals surface area contributed by atoms with Crippen molar-refractivity contribution in [3.8, 4) is 17.1 Å². The van der Waals surface area contributed by atoms with Gasteiger partial charge >= 0.3 is 6.11 Å². The first-order valence-corrected chi connectivity index (χ1v) is 9.14. The first-order valence-electron chi connectivity index (χ1n) is 9.14. The number of hydrogen-bond donors (Lipinski definition) is 0. The largest absolute Gasteiger partial charge is 0.461 e. The van der Waals surface area contributed by atoms with Gasteiger partial charge in [0.15, 0.2) is 5.58 Å². The number of Topliss-reactive ketones (excluding diaryl/α,β-unsaturated/α-hetero) is 1. The quantitative estimate of drug-likeness (QED) is 0.483. The number of carbonyl (C=O) groups excluding carboxylic acids is 1. The molecular formula is C23H15F2NO3. The lowest BCUT2D eigenvalue weighted by molar-refractivity contribution is -0.193. The van der Waals surface area contributed by atoms with E-state index in [4.69, 9.17) is 4.42 Å². The number of carbonyl (C=O) groups is 1. The number of rotatable bonds is 3. The van der Waals surface area contributed by atoms with E-state index < -0.39 is 11.9 Å². The molecule has 0 aliphatic carbocycles. The van der Waals surface area contributed by atoms with Gasteiger partial charge in [0.25, 0.3) is 0 Å². The zero-order valence-electron chi connectivity index (χ0n) is 15.2. The topological polar surface area (TPSA) is 52.3 Å². The maximum atomic E-state index is 13.4. The molecule has 1 aliphatic rings. The van der Waals surface area contributed by atoms with E-state index in [9.17, 15) is 13.6 Å². The van der Waals surface area contributed by atoms with Crippen molar-refractivity contribution in [1.82, 2.24) is 4.98 Å². The van der Waals surface area contributed by atoms with E-state index in [1.54, 1.807) is 18.3 Å². The number of hydrogen-bond acceptors (Lipinski definition) is 4. The van der Waals surface area contributed by atoms with Crippen LogP contribution in [0.15, 0.2) is 71.3 Å². The smallest absolute Gasteiger partial charge is 0.454 e. The number of benzene rings is 2. The Morgan fingerprint density at radius 2 is 1.86 bits per heavy atom.